The van der Waals surface area contributed by atoms with Gasteiger partial charge in [0.1, 0.15) is 0 Å². The molecule has 1 aliphatic carbocycles. The average molecular weight is 210 g/mol. The van der Waals surface area contributed by atoms with Gasteiger partial charge >= 0.3 is 0 Å². The summed E-state index contributed by atoms with van der Waals surface area (Å²) in [6, 6.07) is 0. The highest BCUT2D eigenvalue weighted by Crippen LogP contribution is 2.48. The van der Waals surface area contributed by atoms with E-state index in [1.807, 2.05) is 0 Å². The molecule has 1 rings (SSSR count). The third-order valence-electron chi connectivity index (χ3n) is 4.84. The lowest BCUT2D eigenvalue weighted by atomic mass is 9.59. The minimum absolute atomic E-state index is 0.584. The normalized spacial score (nSPS) is 35.8. The Morgan fingerprint density at radius 2 is 1.80 bits per heavy atom. The van der Waals surface area contributed by atoms with Crippen molar-refractivity contribution in [3.05, 3.63) is 0 Å². The van der Waals surface area contributed by atoms with E-state index in [0.29, 0.717) is 5.41 Å². The second-order valence-corrected chi connectivity index (χ2v) is 6.94. The third-order valence-corrected chi connectivity index (χ3v) is 4.84. The molecule has 0 aromatic carbocycles. The third kappa shape index (κ3) is 3.23. The maximum atomic E-state index is 2.49. The second kappa shape index (κ2) is 4.89. The van der Waals surface area contributed by atoms with Crippen LogP contribution in [0, 0.1) is 29.1 Å². The molecule has 0 aliphatic heterocycles. The fourth-order valence-electron chi connectivity index (χ4n) is 3.32. The van der Waals surface area contributed by atoms with Gasteiger partial charge in [0.25, 0.3) is 0 Å². The molecule has 1 aliphatic rings. The van der Waals surface area contributed by atoms with Crippen LogP contribution >= 0.6 is 0 Å². The van der Waals surface area contributed by atoms with Crippen molar-refractivity contribution in [3.8, 4) is 0 Å². The van der Waals surface area contributed by atoms with Crippen LogP contribution in [0.4, 0.5) is 0 Å². The first-order chi connectivity index (χ1) is 6.84. The van der Waals surface area contributed by atoms with Gasteiger partial charge in [-0.25, -0.2) is 0 Å². The Labute approximate surface area is 96.8 Å². The Kier molecular flexibility index (Phi) is 4.26. The van der Waals surface area contributed by atoms with E-state index in [9.17, 15) is 0 Å². The summed E-state index contributed by atoms with van der Waals surface area (Å²) in [4.78, 5) is 0. The summed E-state index contributed by atoms with van der Waals surface area (Å²) >= 11 is 0. The Bertz CT molecular complexity index is 190. The zero-order valence-electron chi connectivity index (χ0n) is 11.6. The Morgan fingerprint density at radius 1 is 1.20 bits per heavy atom. The van der Waals surface area contributed by atoms with E-state index in [1.54, 1.807) is 0 Å². The van der Waals surface area contributed by atoms with Crippen molar-refractivity contribution in [3.63, 3.8) is 0 Å². The van der Waals surface area contributed by atoms with Crippen LogP contribution in [0.1, 0.15) is 67.2 Å². The largest absolute Gasteiger partial charge is 0.0628 e. The highest BCUT2D eigenvalue weighted by atomic mass is 14.4. The van der Waals surface area contributed by atoms with Gasteiger partial charge < -0.3 is 0 Å². The topological polar surface area (TPSA) is 0 Å². The van der Waals surface area contributed by atoms with Crippen molar-refractivity contribution in [2.45, 2.75) is 67.2 Å². The van der Waals surface area contributed by atoms with Crippen LogP contribution in [0.25, 0.3) is 0 Å². The van der Waals surface area contributed by atoms with Crippen LogP contribution in [0.3, 0.4) is 0 Å². The van der Waals surface area contributed by atoms with Gasteiger partial charge in [-0.1, -0.05) is 48.0 Å². The summed E-state index contributed by atoms with van der Waals surface area (Å²) in [7, 11) is 0. The second-order valence-electron chi connectivity index (χ2n) is 6.94. The Hall–Kier alpha value is 0. The van der Waals surface area contributed by atoms with Crippen LogP contribution in [-0.2, 0) is 0 Å². The van der Waals surface area contributed by atoms with E-state index in [-0.39, 0.29) is 0 Å². The van der Waals surface area contributed by atoms with E-state index in [4.69, 9.17) is 0 Å². The first kappa shape index (κ1) is 13.1. The fraction of sp³-hybridized carbons (Fsp3) is 1.00. The quantitative estimate of drug-likeness (QED) is 0.605. The van der Waals surface area contributed by atoms with E-state index < -0.39 is 0 Å². The standard InChI is InChI=1S/C15H30/c1-11(2)7-8-14-13(4)12(3)9-10-15(14,5)6/h11-14H,7-10H2,1-6H3. The first-order valence-corrected chi connectivity index (χ1v) is 6.84. The molecule has 3 atom stereocenters. The molecule has 1 fully saturated rings. The summed E-state index contributed by atoms with van der Waals surface area (Å²) in [5.41, 5.74) is 0.584. The minimum atomic E-state index is 0.584. The van der Waals surface area contributed by atoms with Crippen molar-refractivity contribution < 1.29 is 0 Å². The molecule has 0 aromatic heterocycles. The summed E-state index contributed by atoms with van der Waals surface area (Å²) in [5.74, 6) is 3.68. The van der Waals surface area contributed by atoms with E-state index in [1.165, 1.54) is 25.7 Å². The average Bonchev–Trinajstić information content (AvgIpc) is 2.11. The van der Waals surface area contributed by atoms with Crippen molar-refractivity contribution in [1.29, 1.82) is 0 Å². The van der Waals surface area contributed by atoms with Crippen LogP contribution in [0.15, 0.2) is 0 Å². The zero-order valence-corrected chi connectivity index (χ0v) is 11.6. The molecule has 0 saturated heterocycles. The van der Waals surface area contributed by atoms with E-state index in [2.05, 4.69) is 41.5 Å². The maximum absolute atomic E-state index is 2.49. The van der Waals surface area contributed by atoms with Crippen molar-refractivity contribution in [2.75, 3.05) is 0 Å². The Balaban J connectivity index is 2.62. The molecule has 0 nitrogen and oxygen atoms in total. The van der Waals surface area contributed by atoms with Gasteiger partial charge in [0.05, 0.1) is 0 Å². The molecule has 0 heterocycles. The van der Waals surface area contributed by atoms with Gasteiger partial charge in [-0.05, 0) is 48.3 Å². The first-order valence-electron chi connectivity index (χ1n) is 6.84. The highest BCUT2D eigenvalue weighted by Gasteiger charge is 2.39. The molecule has 0 bridgehead atoms. The molecule has 0 heteroatoms. The van der Waals surface area contributed by atoms with Gasteiger partial charge in [-0.2, -0.15) is 0 Å². The number of rotatable bonds is 3. The Morgan fingerprint density at radius 3 is 2.33 bits per heavy atom. The van der Waals surface area contributed by atoms with Gasteiger partial charge in [0, 0.05) is 0 Å². The van der Waals surface area contributed by atoms with Gasteiger partial charge in [0.2, 0.25) is 0 Å². The number of hydrogen-bond acceptors (Lipinski definition) is 0. The fourth-order valence-corrected chi connectivity index (χ4v) is 3.32. The van der Waals surface area contributed by atoms with Crippen LogP contribution in [0.2, 0.25) is 0 Å². The van der Waals surface area contributed by atoms with Gasteiger partial charge in [-0.3, -0.25) is 0 Å². The summed E-state index contributed by atoms with van der Waals surface area (Å²) in [6.07, 6.45) is 5.72. The SMILES string of the molecule is CC(C)CCC1C(C)C(C)CCC1(C)C. The molecule has 1 saturated carbocycles. The van der Waals surface area contributed by atoms with Crippen molar-refractivity contribution in [2.24, 2.45) is 29.1 Å². The molecule has 15 heavy (non-hydrogen) atoms. The van der Waals surface area contributed by atoms with Crippen molar-refractivity contribution in [1.82, 2.24) is 0 Å². The molecular weight excluding hydrogens is 180 g/mol. The van der Waals surface area contributed by atoms with Gasteiger partial charge in [0.15, 0.2) is 0 Å². The molecule has 0 aromatic rings. The molecule has 0 amide bonds. The van der Waals surface area contributed by atoms with Crippen LogP contribution < -0.4 is 0 Å². The summed E-state index contributed by atoms with van der Waals surface area (Å²) in [6.45, 7) is 14.6. The van der Waals surface area contributed by atoms with E-state index >= 15 is 0 Å². The number of hydrogen-bond donors (Lipinski definition) is 0. The van der Waals surface area contributed by atoms with Crippen LogP contribution in [0.5, 0.6) is 0 Å². The highest BCUT2D eigenvalue weighted by molar-refractivity contribution is 4.89. The smallest absolute Gasteiger partial charge is 0.0323 e. The lowest BCUT2D eigenvalue weighted by Gasteiger charge is -2.46. The van der Waals surface area contributed by atoms with Gasteiger partial charge in [-0.15, -0.1) is 0 Å². The molecule has 3 unspecified atom stereocenters. The molecule has 0 spiro atoms. The molecule has 90 valence electrons. The predicted octanol–water partition coefficient (Wildman–Crippen LogP) is 5.13. The predicted molar refractivity (Wildman–Crippen MR) is 68.9 cm³/mol. The zero-order chi connectivity index (χ0) is 11.6. The monoisotopic (exact) mass is 210 g/mol. The molecular formula is C15H30. The lowest BCUT2D eigenvalue weighted by Crippen LogP contribution is -2.37. The van der Waals surface area contributed by atoms with Crippen LogP contribution in [-0.4, -0.2) is 0 Å². The molecule has 0 N–H and O–H groups in total. The minimum Gasteiger partial charge on any atom is -0.0628 e. The van der Waals surface area contributed by atoms with E-state index in [0.717, 1.165) is 23.7 Å². The lowest BCUT2D eigenvalue weighted by molar-refractivity contribution is 0.0352. The summed E-state index contributed by atoms with van der Waals surface area (Å²) < 4.78 is 0. The molecule has 0 radical (unpaired) electrons. The van der Waals surface area contributed by atoms with Crippen molar-refractivity contribution >= 4 is 0 Å². The maximum Gasteiger partial charge on any atom is -0.0323 e. The summed E-state index contributed by atoms with van der Waals surface area (Å²) in [5, 5.41) is 0.